The lowest BCUT2D eigenvalue weighted by molar-refractivity contribution is -0.274. The van der Waals surface area contributed by atoms with E-state index in [1.165, 1.54) is 24.4 Å². The van der Waals surface area contributed by atoms with Crippen LogP contribution in [0.15, 0.2) is 79.4 Å². The highest BCUT2D eigenvalue weighted by molar-refractivity contribution is 5.65. The zero-order chi connectivity index (χ0) is 27.2. The number of pyridine rings is 1. The minimum Gasteiger partial charge on any atom is -0.406 e. The van der Waals surface area contributed by atoms with E-state index in [9.17, 15) is 13.2 Å². The topological polar surface area (TPSA) is 66.5 Å². The number of ether oxygens (including phenoxy) is 2. The molecule has 0 radical (unpaired) electrons. The van der Waals surface area contributed by atoms with E-state index in [4.69, 9.17) is 4.74 Å². The van der Waals surface area contributed by atoms with Crippen molar-refractivity contribution in [3.63, 3.8) is 0 Å². The Bertz CT molecular complexity index is 1620. The van der Waals surface area contributed by atoms with Gasteiger partial charge < -0.3 is 14.0 Å². The van der Waals surface area contributed by atoms with E-state index in [1.807, 2.05) is 16.8 Å². The summed E-state index contributed by atoms with van der Waals surface area (Å²) < 4.78 is 79.5. The molecule has 0 bridgehead atoms. The SMILES string of the molecule is FC(F)(F)Oc1ccc(-c2ccc3nnc(C(F)(F)OCc4cccc(-n5cnc(C6CC6)c5)c4)n3c2)cc1. The summed E-state index contributed by atoms with van der Waals surface area (Å²) in [6, 6.07) is 15.2. The van der Waals surface area contributed by atoms with Crippen LogP contribution in [0.4, 0.5) is 22.0 Å². The molecule has 0 amide bonds. The van der Waals surface area contributed by atoms with Gasteiger partial charge in [-0.15, -0.1) is 23.4 Å². The molecule has 3 heterocycles. The Labute approximate surface area is 218 Å². The second kappa shape index (κ2) is 9.45. The number of halogens is 5. The third-order valence-electron chi connectivity index (χ3n) is 6.31. The average Bonchev–Trinajstić information content (AvgIpc) is 3.47. The molecule has 0 spiro atoms. The first-order valence-electron chi connectivity index (χ1n) is 12.0. The third kappa shape index (κ3) is 5.46. The second-order valence-corrected chi connectivity index (χ2v) is 9.20. The lowest BCUT2D eigenvalue weighted by Gasteiger charge is -2.16. The molecular formula is C27H20F5N5O2. The van der Waals surface area contributed by atoms with E-state index in [1.54, 1.807) is 30.6 Å². The van der Waals surface area contributed by atoms with Gasteiger partial charge in [0, 0.05) is 24.0 Å². The van der Waals surface area contributed by atoms with Crippen LogP contribution < -0.4 is 4.74 Å². The van der Waals surface area contributed by atoms with Crippen LogP contribution in [0, 0.1) is 0 Å². The summed E-state index contributed by atoms with van der Waals surface area (Å²) in [5.41, 5.74) is 3.43. The second-order valence-electron chi connectivity index (χ2n) is 9.20. The fraction of sp³-hybridized carbons (Fsp3) is 0.222. The predicted octanol–water partition coefficient (Wildman–Crippen LogP) is 6.62. The molecule has 39 heavy (non-hydrogen) atoms. The molecule has 0 unspecified atom stereocenters. The largest absolute Gasteiger partial charge is 0.573 e. The lowest BCUT2D eigenvalue weighted by atomic mass is 10.1. The normalized spacial score (nSPS) is 14.2. The van der Waals surface area contributed by atoms with Gasteiger partial charge in [0.15, 0.2) is 5.65 Å². The molecule has 7 nitrogen and oxygen atoms in total. The van der Waals surface area contributed by atoms with E-state index in [2.05, 4.69) is 19.9 Å². The molecule has 1 aliphatic carbocycles. The monoisotopic (exact) mass is 541 g/mol. The van der Waals surface area contributed by atoms with Gasteiger partial charge in [-0.05, 0) is 65.9 Å². The summed E-state index contributed by atoms with van der Waals surface area (Å²) in [7, 11) is 0. The van der Waals surface area contributed by atoms with E-state index in [0.29, 0.717) is 22.6 Å². The van der Waals surface area contributed by atoms with Gasteiger partial charge in [0.2, 0.25) is 5.82 Å². The zero-order valence-corrected chi connectivity index (χ0v) is 20.1. The number of hydrogen-bond acceptors (Lipinski definition) is 5. The summed E-state index contributed by atoms with van der Waals surface area (Å²) in [6.07, 6.45) is -1.32. The van der Waals surface area contributed by atoms with Crippen molar-refractivity contribution < 1.29 is 31.4 Å². The first-order chi connectivity index (χ1) is 18.6. The van der Waals surface area contributed by atoms with Crippen LogP contribution in [-0.4, -0.2) is 30.5 Å². The van der Waals surface area contributed by atoms with Gasteiger partial charge in [-0.2, -0.15) is 8.78 Å². The summed E-state index contributed by atoms with van der Waals surface area (Å²) in [5.74, 6) is -0.619. The van der Waals surface area contributed by atoms with E-state index in [-0.39, 0.29) is 12.3 Å². The van der Waals surface area contributed by atoms with Crippen molar-refractivity contribution in [2.45, 2.75) is 37.8 Å². The molecule has 0 N–H and O–H groups in total. The van der Waals surface area contributed by atoms with Crippen molar-refractivity contribution in [2.75, 3.05) is 0 Å². The summed E-state index contributed by atoms with van der Waals surface area (Å²) in [6.45, 7) is -0.389. The van der Waals surface area contributed by atoms with Crippen molar-refractivity contribution in [3.05, 3.63) is 96.5 Å². The van der Waals surface area contributed by atoms with Gasteiger partial charge in [0.1, 0.15) is 5.75 Å². The minimum atomic E-state index is -4.82. The maximum absolute atomic E-state index is 15.2. The Morgan fingerprint density at radius 2 is 1.64 bits per heavy atom. The Hall–Kier alpha value is -4.32. The Morgan fingerprint density at radius 1 is 0.872 bits per heavy atom. The molecule has 0 saturated heterocycles. The molecule has 1 aliphatic rings. The van der Waals surface area contributed by atoms with Crippen LogP contribution in [0.2, 0.25) is 0 Å². The minimum absolute atomic E-state index is 0.155. The molecular weight excluding hydrogens is 521 g/mol. The smallest absolute Gasteiger partial charge is 0.406 e. The van der Waals surface area contributed by atoms with Crippen molar-refractivity contribution >= 4 is 5.65 Å². The molecule has 0 aliphatic heterocycles. The first-order valence-corrected chi connectivity index (χ1v) is 12.0. The van der Waals surface area contributed by atoms with Crippen molar-refractivity contribution in [3.8, 4) is 22.6 Å². The fourth-order valence-corrected chi connectivity index (χ4v) is 4.22. The molecule has 2 aromatic carbocycles. The molecule has 1 saturated carbocycles. The maximum Gasteiger partial charge on any atom is 0.573 e. The molecule has 0 atom stereocenters. The van der Waals surface area contributed by atoms with Crippen molar-refractivity contribution in [1.29, 1.82) is 0 Å². The number of aromatic nitrogens is 5. The Morgan fingerprint density at radius 3 is 2.38 bits per heavy atom. The van der Waals surface area contributed by atoms with Crippen LogP contribution >= 0.6 is 0 Å². The van der Waals surface area contributed by atoms with Gasteiger partial charge >= 0.3 is 12.5 Å². The van der Waals surface area contributed by atoms with E-state index < -0.39 is 24.0 Å². The number of benzene rings is 2. The maximum atomic E-state index is 15.2. The predicted molar refractivity (Wildman–Crippen MR) is 129 cm³/mol. The lowest BCUT2D eigenvalue weighted by Crippen LogP contribution is -2.21. The van der Waals surface area contributed by atoms with Gasteiger partial charge in [-0.1, -0.05) is 24.3 Å². The van der Waals surface area contributed by atoms with E-state index >= 15 is 8.78 Å². The van der Waals surface area contributed by atoms with Gasteiger partial charge in [-0.25, -0.2) is 4.98 Å². The number of nitrogens with zero attached hydrogens (tertiary/aromatic N) is 5. The molecule has 6 rings (SSSR count). The van der Waals surface area contributed by atoms with Crippen LogP contribution in [0.3, 0.4) is 0 Å². The highest BCUT2D eigenvalue weighted by Crippen LogP contribution is 2.39. The average molecular weight is 541 g/mol. The van der Waals surface area contributed by atoms with Crippen LogP contribution in [0.1, 0.15) is 35.8 Å². The van der Waals surface area contributed by atoms with Crippen LogP contribution in [-0.2, 0) is 17.5 Å². The standard InChI is InChI=1S/C27H20F5N5O2/c28-26(29,38-15-17-2-1-3-21(12-17)36-14-23(33-16-36)19-4-5-19)25-35-34-24-11-8-20(13-37(24)25)18-6-9-22(10-7-18)39-27(30,31)32/h1-3,6-14,16,19H,4-5,15H2. The molecule has 1 fully saturated rings. The third-order valence-corrected chi connectivity index (χ3v) is 6.31. The van der Waals surface area contributed by atoms with Gasteiger partial charge in [-0.3, -0.25) is 4.40 Å². The summed E-state index contributed by atoms with van der Waals surface area (Å²) >= 11 is 0. The highest BCUT2D eigenvalue weighted by Gasteiger charge is 2.39. The molecule has 200 valence electrons. The number of alkyl halides is 5. The Kier molecular flexibility index (Phi) is 6.06. The quantitative estimate of drug-likeness (QED) is 0.207. The number of hydrogen-bond donors (Lipinski definition) is 0. The van der Waals surface area contributed by atoms with Gasteiger partial charge in [0.05, 0.1) is 18.6 Å². The summed E-state index contributed by atoms with van der Waals surface area (Å²) in [5, 5.41) is 7.44. The van der Waals surface area contributed by atoms with Crippen molar-refractivity contribution in [2.24, 2.45) is 0 Å². The highest BCUT2D eigenvalue weighted by atomic mass is 19.4. The van der Waals surface area contributed by atoms with Crippen molar-refractivity contribution in [1.82, 2.24) is 24.1 Å². The number of imidazole rings is 1. The summed E-state index contributed by atoms with van der Waals surface area (Å²) in [4.78, 5) is 4.42. The van der Waals surface area contributed by atoms with Crippen LogP contribution in [0.5, 0.6) is 5.75 Å². The molecule has 3 aromatic heterocycles. The van der Waals surface area contributed by atoms with E-state index in [0.717, 1.165) is 40.8 Å². The molecule has 12 heteroatoms. The fourth-order valence-electron chi connectivity index (χ4n) is 4.22. The molecule has 5 aromatic rings. The number of rotatable bonds is 8. The Balaban J connectivity index is 1.20. The van der Waals surface area contributed by atoms with Gasteiger partial charge in [0.25, 0.3) is 0 Å². The number of fused-ring (bicyclic) bond motifs is 1. The zero-order valence-electron chi connectivity index (χ0n) is 20.1. The van der Waals surface area contributed by atoms with Crippen LogP contribution in [0.25, 0.3) is 22.5 Å². The first kappa shape index (κ1) is 25.0.